The van der Waals surface area contributed by atoms with Crippen LogP contribution < -0.4 is 10.5 Å². The average Bonchev–Trinajstić information content (AvgIpc) is 3.62. The number of nitrogens with one attached hydrogen (secondary N) is 1. The lowest BCUT2D eigenvalue weighted by Gasteiger charge is -2.06. The number of ether oxygens (including phenoxy) is 2. The zero-order valence-corrected chi connectivity index (χ0v) is 33.4. The van der Waals surface area contributed by atoms with E-state index >= 15 is 0 Å². The van der Waals surface area contributed by atoms with Gasteiger partial charge < -0.3 is 24.0 Å². The Morgan fingerprint density at radius 2 is 1.09 bits per heavy atom. The molecule has 2 aromatic heterocycles. The van der Waals surface area contributed by atoms with Crippen LogP contribution >= 0.6 is 42.5 Å². The minimum Gasteiger partial charge on any atom is -0.465 e. The van der Waals surface area contributed by atoms with Crippen molar-refractivity contribution in [3.63, 3.8) is 0 Å². The molecule has 0 spiro atoms. The summed E-state index contributed by atoms with van der Waals surface area (Å²) >= 11 is 6.61. The minimum atomic E-state index is -3.50. The van der Waals surface area contributed by atoms with Gasteiger partial charge in [0.15, 0.2) is 0 Å². The van der Waals surface area contributed by atoms with E-state index < -0.39 is 36.8 Å². The predicted octanol–water partition coefficient (Wildman–Crippen LogP) is 8.71. The number of halogens is 5. The molecule has 6 aromatic rings. The number of hydrogen-bond donors (Lipinski definition) is 2. The third-order valence-corrected chi connectivity index (χ3v) is 8.81. The summed E-state index contributed by atoms with van der Waals surface area (Å²) in [7, 11) is 0.337. The first kappa shape index (κ1) is 41.3. The largest absolute Gasteiger partial charge is 0.465 e. The molecule has 2 heterocycles. The zero-order valence-electron chi connectivity index (χ0n) is 27.8. The fraction of sp³-hybridized carbons (Fsp3) is 0.118. The maximum Gasteiger partial charge on any atom is 0.342 e. The number of carbonyl (C=O) groups is 2. The van der Waals surface area contributed by atoms with E-state index in [9.17, 15) is 35.2 Å². The van der Waals surface area contributed by atoms with Crippen molar-refractivity contribution >= 4 is 107 Å². The highest BCUT2D eigenvalue weighted by Crippen LogP contribution is 2.39. The van der Waals surface area contributed by atoms with Gasteiger partial charge >= 0.3 is 11.9 Å². The Kier molecular flexibility index (Phi) is 13.0. The van der Waals surface area contributed by atoms with Gasteiger partial charge in [-0.15, -0.1) is 0 Å². The summed E-state index contributed by atoms with van der Waals surface area (Å²) in [4.78, 5) is 24.4. The first-order chi connectivity index (χ1) is 24.7. The number of nitrogen functional groups attached to an aromatic ring is 1. The van der Waals surface area contributed by atoms with E-state index in [2.05, 4.69) is 47.3 Å². The molecule has 0 aliphatic rings. The number of esters is 2. The third-order valence-electron chi connectivity index (χ3n) is 6.87. The molecule has 19 heteroatoms. The van der Waals surface area contributed by atoms with Crippen LogP contribution in [0.4, 0.5) is 20.2 Å². The Balaban J connectivity index is 0.000000212. The molecule has 0 saturated heterocycles. The van der Waals surface area contributed by atoms with Gasteiger partial charge in [0.05, 0.1) is 32.4 Å². The molecule has 0 aliphatic carbocycles. The summed E-state index contributed by atoms with van der Waals surface area (Å²) in [5.41, 5.74) is 8.83. The van der Waals surface area contributed by atoms with Gasteiger partial charge in [0.1, 0.15) is 45.4 Å². The fourth-order valence-corrected chi connectivity index (χ4v) is 6.23. The van der Waals surface area contributed by atoms with Gasteiger partial charge in [0.25, 0.3) is 0 Å². The van der Waals surface area contributed by atoms with E-state index in [1.54, 1.807) is 18.2 Å². The Morgan fingerprint density at radius 1 is 0.717 bits per heavy atom. The van der Waals surface area contributed by atoms with E-state index in [1.807, 2.05) is 0 Å². The van der Waals surface area contributed by atoms with Crippen LogP contribution in [0.3, 0.4) is 0 Å². The first-order valence-electron chi connectivity index (χ1n) is 14.5. The molecule has 4 aromatic carbocycles. The van der Waals surface area contributed by atoms with Crippen LogP contribution in [-0.4, -0.2) is 55.5 Å². The predicted molar refractivity (Wildman–Crippen MR) is 205 cm³/mol. The lowest BCUT2D eigenvalue weighted by Crippen LogP contribution is -2.10. The van der Waals surface area contributed by atoms with Gasteiger partial charge in [-0.3, -0.25) is 4.72 Å². The number of fused-ring (bicyclic) bond motifs is 2. The number of methoxy groups -OCH3 is 2. The topological polar surface area (TPSA) is 185 Å². The van der Waals surface area contributed by atoms with Crippen molar-refractivity contribution in [3.8, 4) is 22.6 Å². The minimum absolute atomic E-state index is 0.167. The van der Waals surface area contributed by atoms with Gasteiger partial charge in [-0.1, -0.05) is 0 Å². The number of carbonyl (C=O) groups excluding carboxylic acids is 2. The van der Waals surface area contributed by atoms with Crippen molar-refractivity contribution in [3.05, 3.63) is 105 Å². The summed E-state index contributed by atoms with van der Waals surface area (Å²) < 4.78 is 92.7. The fourth-order valence-electron chi connectivity index (χ4n) is 4.75. The van der Waals surface area contributed by atoms with Gasteiger partial charge in [-0.25, -0.2) is 35.2 Å². The maximum absolute atomic E-state index is 13.2. The molecule has 12 nitrogen and oxygen atoms in total. The second-order valence-electron chi connectivity index (χ2n) is 10.9. The first-order valence-corrected chi connectivity index (χ1v) is 20.7. The second kappa shape index (κ2) is 16.7. The Bertz CT molecular complexity index is 2550. The van der Waals surface area contributed by atoms with Crippen molar-refractivity contribution in [2.75, 3.05) is 37.2 Å². The van der Waals surface area contributed by atoms with E-state index in [4.69, 9.17) is 24.0 Å². The van der Waals surface area contributed by atoms with E-state index in [-0.39, 0.29) is 34.0 Å². The van der Waals surface area contributed by atoms with Crippen LogP contribution in [0.25, 0.3) is 44.6 Å². The number of furan rings is 2. The smallest absolute Gasteiger partial charge is 0.342 e. The molecule has 53 heavy (non-hydrogen) atoms. The van der Waals surface area contributed by atoms with Gasteiger partial charge in [0, 0.05) is 59.3 Å². The SMILES string of the molecule is COC(=O)c1c(-c2ccc(F)cc2)oc2cc(N)c(Br)cc12.COC(=O)c1c(-c2ccc(F)cc2)oc2cc(NS(C)(=O)=O)c(Br)cc12.CS(=O)(=O)Cl. The molecule has 0 fully saturated rings. The summed E-state index contributed by atoms with van der Waals surface area (Å²) in [6.07, 6.45) is 1.95. The second-order valence-corrected chi connectivity index (χ2v) is 17.4. The average molecular weight is 921 g/mol. The Labute approximate surface area is 322 Å². The number of sulfonamides is 1. The molecule has 0 aliphatic heterocycles. The van der Waals surface area contributed by atoms with Crippen LogP contribution in [0.15, 0.2) is 90.6 Å². The van der Waals surface area contributed by atoms with Crippen molar-refractivity contribution in [2.45, 2.75) is 0 Å². The van der Waals surface area contributed by atoms with Crippen LogP contribution in [0.1, 0.15) is 20.7 Å². The Hall–Kier alpha value is -4.49. The number of benzene rings is 4. The molecule has 280 valence electrons. The third kappa shape index (κ3) is 10.6. The van der Waals surface area contributed by atoms with Crippen LogP contribution in [0, 0.1) is 11.6 Å². The molecule has 0 amide bonds. The Morgan fingerprint density at radius 3 is 1.47 bits per heavy atom. The molecular weight excluding hydrogens is 894 g/mol. The van der Waals surface area contributed by atoms with Crippen molar-refractivity contribution < 1.29 is 53.5 Å². The van der Waals surface area contributed by atoms with Crippen LogP contribution in [0.5, 0.6) is 0 Å². The lowest BCUT2D eigenvalue weighted by atomic mass is 10.1. The molecule has 3 N–H and O–H groups in total. The summed E-state index contributed by atoms with van der Waals surface area (Å²) in [5.74, 6) is -1.43. The number of rotatable bonds is 6. The highest BCUT2D eigenvalue weighted by atomic mass is 79.9. The maximum atomic E-state index is 13.2. The molecule has 0 bridgehead atoms. The molecule has 0 saturated carbocycles. The zero-order chi connectivity index (χ0) is 39.4. The van der Waals surface area contributed by atoms with Gasteiger partial charge in [-0.05, 0) is 92.5 Å². The lowest BCUT2D eigenvalue weighted by molar-refractivity contribution is 0.0594. The van der Waals surface area contributed by atoms with E-state index in [0.29, 0.717) is 47.9 Å². The van der Waals surface area contributed by atoms with E-state index in [1.165, 1.54) is 68.8 Å². The highest BCUT2D eigenvalue weighted by molar-refractivity contribution is 9.11. The number of hydrogen-bond acceptors (Lipinski definition) is 11. The molecular formula is C34H27Br2ClF2N2O10S2. The summed E-state index contributed by atoms with van der Waals surface area (Å²) in [6.45, 7) is 0. The molecule has 6 rings (SSSR count). The van der Waals surface area contributed by atoms with Crippen LogP contribution in [-0.2, 0) is 28.5 Å². The summed E-state index contributed by atoms with van der Waals surface area (Å²) in [6, 6.07) is 17.5. The summed E-state index contributed by atoms with van der Waals surface area (Å²) in [5, 5.41) is 1.01. The van der Waals surface area contributed by atoms with Gasteiger partial charge in [-0.2, -0.15) is 0 Å². The molecule has 0 radical (unpaired) electrons. The van der Waals surface area contributed by atoms with Crippen molar-refractivity contribution in [2.24, 2.45) is 0 Å². The van der Waals surface area contributed by atoms with Crippen LogP contribution in [0.2, 0.25) is 0 Å². The quantitative estimate of drug-likeness (QED) is 0.0925. The molecule has 0 atom stereocenters. The van der Waals surface area contributed by atoms with Crippen molar-refractivity contribution in [1.82, 2.24) is 0 Å². The number of nitrogens with two attached hydrogens (primary N) is 1. The monoisotopic (exact) mass is 918 g/mol. The van der Waals surface area contributed by atoms with Gasteiger partial charge in [0.2, 0.25) is 19.1 Å². The normalized spacial score (nSPS) is 11.3. The molecule has 0 unspecified atom stereocenters. The highest BCUT2D eigenvalue weighted by Gasteiger charge is 2.25. The standard InChI is InChI=1S/C17H13BrFNO5S.C16H11BrFNO3.CH3ClO2S/c1-24-17(21)15-11-7-12(18)13(20-26(2,22)23)8-14(11)25-16(15)9-3-5-10(19)6-4-9;1-21-16(20)14-10-6-11(17)12(19)7-13(10)22-15(14)8-2-4-9(18)5-3-8;1-5(2,3)4/h3-8,20H,1-2H3;2-7H,19H2,1H3;1H3. The van der Waals surface area contributed by atoms with E-state index in [0.717, 1.165) is 12.5 Å². The van der Waals surface area contributed by atoms with Crippen molar-refractivity contribution in [1.29, 1.82) is 0 Å². The number of anilines is 2.